The number of fused-ring (bicyclic) bond motifs is 1. The maximum absolute atomic E-state index is 13.0. The molecule has 3 heterocycles. The van der Waals surface area contributed by atoms with E-state index in [0.29, 0.717) is 29.0 Å². The van der Waals surface area contributed by atoms with Gasteiger partial charge in [0, 0.05) is 26.0 Å². The highest BCUT2D eigenvalue weighted by Gasteiger charge is 2.31. The maximum Gasteiger partial charge on any atom is 0.273 e. The van der Waals surface area contributed by atoms with Crippen LogP contribution < -0.4 is 11.1 Å². The Labute approximate surface area is 161 Å². The van der Waals surface area contributed by atoms with Gasteiger partial charge in [0.2, 0.25) is 0 Å². The molecule has 28 heavy (non-hydrogen) atoms. The SMILES string of the molecule is Cn1ccnc(CN2CCCC2c2nc3ccccc3c(=O)n2CCO)c1=O. The summed E-state index contributed by atoms with van der Waals surface area (Å²) in [5.74, 6) is 0.642. The van der Waals surface area contributed by atoms with Gasteiger partial charge in [-0.25, -0.2) is 4.98 Å². The minimum absolute atomic E-state index is 0.101. The number of rotatable bonds is 5. The van der Waals surface area contributed by atoms with E-state index in [0.717, 1.165) is 19.4 Å². The number of likely N-dealkylation sites (tertiary alicyclic amines) is 1. The highest BCUT2D eigenvalue weighted by Crippen LogP contribution is 2.31. The fourth-order valence-corrected chi connectivity index (χ4v) is 3.91. The fourth-order valence-electron chi connectivity index (χ4n) is 3.91. The van der Waals surface area contributed by atoms with Gasteiger partial charge in [-0.05, 0) is 31.5 Å². The molecule has 0 bridgehead atoms. The second-order valence-electron chi connectivity index (χ2n) is 7.09. The Kier molecular flexibility index (Phi) is 5.06. The number of para-hydroxylation sites is 1. The summed E-state index contributed by atoms with van der Waals surface area (Å²) in [4.78, 5) is 36.5. The lowest BCUT2D eigenvalue weighted by Gasteiger charge is -2.26. The van der Waals surface area contributed by atoms with Crippen LogP contribution in [0.3, 0.4) is 0 Å². The molecule has 1 unspecified atom stereocenters. The Hall–Kier alpha value is -2.84. The molecule has 1 aliphatic rings. The van der Waals surface area contributed by atoms with Crippen molar-refractivity contribution in [3.63, 3.8) is 0 Å². The first-order valence-electron chi connectivity index (χ1n) is 9.45. The predicted octanol–water partition coefficient (Wildman–Crippen LogP) is 0.820. The van der Waals surface area contributed by atoms with Crippen molar-refractivity contribution in [2.45, 2.75) is 32.0 Å². The average molecular weight is 381 g/mol. The van der Waals surface area contributed by atoms with E-state index < -0.39 is 0 Å². The van der Waals surface area contributed by atoms with Crippen molar-refractivity contribution < 1.29 is 5.11 Å². The number of aryl methyl sites for hydroxylation is 1. The lowest BCUT2D eigenvalue weighted by molar-refractivity contribution is 0.220. The zero-order chi connectivity index (χ0) is 19.7. The van der Waals surface area contributed by atoms with Crippen LogP contribution >= 0.6 is 0 Å². The molecule has 1 atom stereocenters. The van der Waals surface area contributed by atoms with Crippen LogP contribution in [0.4, 0.5) is 0 Å². The molecule has 0 spiro atoms. The van der Waals surface area contributed by atoms with Crippen molar-refractivity contribution in [1.29, 1.82) is 0 Å². The molecule has 0 amide bonds. The van der Waals surface area contributed by atoms with Crippen molar-refractivity contribution in [3.05, 3.63) is 68.9 Å². The van der Waals surface area contributed by atoms with Gasteiger partial charge >= 0.3 is 0 Å². The standard InChI is InChI=1S/C20H23N5O3/c1-23-10-8-21-16(20(23)28)13-24-9-4-7-17(24)18-22-15-6-3-2-5-14(15)19(27)25(18)11-12-26/h2-3,5-6,8,10,17,26H,4,7,9,11-13H2,1H3. The Morgan fingerprint density at radius 2 is 2.04 bits per heavy atom. The molecule has 0 saturated carbocycles. The van der Waals surface area contributed by atoms with Gasteiger partial charge in [-0.3, -0.25) is 24.0 Å². The molecule has 4 rings (SSSR count). The highest BCUT2D eigenvalue weighted by atomic mass is 16.3. The summed E-state index contributed by atoms with van der Waals surface area (Å²) in [7, 11) is 1.71. The van der Waals surface area contributed by atoms with E-state index in [1.165, 1.54) is 4.57 Å². The molecule has 0 aliphatic carbocycles. The second kappa shape index (κ2) is 7.65. The molecule has 2 aromatic heterocycles. The minimum Gasteiger partial charge on any atom is -0.395 e. The number of nitrogens with zero attached hydrogens (tertiary/aromatic N) is 5. The molecule has 1 aromatic carbocycles. The van der Waals surface area contributed by atoms with Gasteiger partial charge in [0.25, 0.3) is 11.1 Å². The number of aliphatic hydroxyl groups excluding tert-OH is 1. The zero-order valence-corrected chi connectivity index (χ0v) is 15.8. The molecule has 1 fully saturated rings. The van der Waals surface area contributed by atoms with Crippen molar-refractivity contribution in [2.75, 3.05) is 13.2 Å². The first kappa shape index (κ1) is 18.5. The first-order valence-corrected chi connectivity index (χ1v) is 9.45. The molecule has 0 radical (unpaired) electrons. The summed E-state index contributed by atoms with van der Waals surface area (Å²) < 4.78 is 3.09. The minimum atomic E-state index is -0.143. The molecule has 1 N–H and O–H groups in total. The largest absolute Gasteiger partial charge is 0.395 e. The lowest BCUT2D eigenvalue weighted by atomic mass is 10.1. The van der Waals surface area contributed by atoms with Crippen molar-refractivity contribution in [2.24, 2.45) is 7.05 Å². The smallest absolute Gasteiger partial charge is 0.273 e. The number of hydrogen-bond donors (Lipinski definition) is 1. The van der Waals surface area contributed by atoms with Crippen LogP contribution in [0.1, 0.15) is 30.4 Å². The molecule has 8 heteroatoms. The van der Waals surface area contributed by atoms with E-state index in [-0.39, 0.29) is 30.3 Å². The van der Waals surface area contributed by atoms with Gasteiger partial charge < -0.3 is 9.67 Å². The summed E-state index contributed by atoms with van der Waals surface area (Å²) in [6.07, 6.45) is 5.04. The monoisotopic (exact) mass is 381 g/mol. The van der Waals surface area contributed by atoms with Crippen LogP contribution in [0, 0.1) is 0 Å². The third-order valence-electron chi connectivity index (χ3n) is 5.32. The van der Waals surface area contributed by atoms with Crippen molar-refractivity contribution >= 4 is 10.9 Å². The van der Waals surface area contributed by atoms with Crippen LogP contribution in [0.2, 0.25) is 0 Å². The van der Waals surface area contributed by atoms with Gasteiger partial charge in [0.05, 0.1) is 30.1 Å². The Morgan fingerprint density at radius 1 is 1.21 bits per heavy atom. The summed E-state index contributed by atoms with van der Waals surface area (Å²) in [5.41, 5.74) is 0.869. The van der Waals surface area contributed by atoms with E-state index in [4.69, 9.17) is 4.98 Å². The van der Waals surface area contributed by atoms with Gasteiger partial charge in [0.1, 0.15) is 11.5 Å². The van der Waals surface area contributed by atoms with Crippen LogP contribution in [-0.2, 0) is 20.1 Å². The van der Waals surface area contributed by atoms with Crippen molar-refractivity contribution in [1.82, 2.24) is 24.0 Å². The van der Waals surface area contributed by atoms with Crippen molar-refractivity contribution in [3.8, 4) is 0 Å². The second-order valence-corrected chi connectivity index (χ2v) is 7.09. The van der Waals surface area contributed by atoms with E-state index in [9.17, 15) is 14.7 Å². The fraction of sp³-hybridized carbons (Fsp3) is 0.400. The van der Waals surface area contributed by atoms with Gasteiger partial charge in [0.15, 0.2) is 0 Å². The molecule has 3 aromatic rings. The summed E-state index contributed by atoms with van der Waals surface area (Å²) in [6.45, 7) is 1.26. The normalized spacial score (nSPS) is 17.4. The Balaban J connectivity index is 1.77. The van der Waals surface area contributed by atoms with Crippen LogP contribution in [0.15, 0.2) is 46.2 Å². The Morgan fingerprint density at radius 3 is 2.86 bits per heavy atom. The molecular weight excluding hydrogens is 358 g/mol. The summed E-state index contributed by atoms with van der Waals surface area (Å²) >= 11 is 0. The topological polar surface area (TPSA) is 93.2 Å². The molecule has 1 aliphatic heterocycles. The van der Waals surface area contributed by atoms with E-state index in [2.05, 4.69) is 9.88 Å². The van der Waals surface area contributed by atoms with E-state index >= 15 is 0 Å². The van der Waals surface area contributed by atoms with Crippen LogP contribution in [0.5, 0.6) is 0 Å². The molecular formula is C20H23N5O3. The van der Waals surface area contributed by atoms with Gasteiger partial charge in [-0.2, -0.15) is 0 Å². The van der Waals surface area contributed by atoms with E-state index in [1.807, 2.05) is 18.2 Å². The summed E-state index contributed by atoms with van der Waals surface area (Å²) in [5, 5.41) is 10.0. The average Bonchev–Trinajstić information content (AvgIpc) is 3.15. The molecule has 146 valence electrons. The van der Waals surface area contributed by atoms with Crippen LogP contribution in [0.25, 0.3) is 10.9 Å². The number of aliphatic hydroxyl groups is 1. The lowest BCUT2D eigenvalue weighted by Crippen LogP contribution is -2.34. The Bertz CT molecular complexity index is 1120. The third-order valence-corrected chi connectivity index (χ3v) is 5.32. The molecule has 1 saturated heterocycles. The zero-order valence-electron chi connectivity index (χ0n) is 15.8. The number of hydrogen-bond acceptors (Lipinski definition) is 6. The maximum atomic E-state index is 13.0. The predicted molar refractivity (Wildman–Crippen MR) is 105 cm³/mol. The van der Waals surface area contributed by atoms with Gasteiger partial charge in [-0.1, -0.05) is 12.1 Å². The van der Waals surface area contributed by atoms with E-state index in [1.54, 1.807) is 30.1 Å². The first-order chi connectivity index (χ1) is 13.6. The quantitative estimate of drug-likeness (QED) is 0.703. The van der Waals surface area contributed by atoms with Crippen LogP contribution in [-0.4, -0.2) is 42.3 Å². The number of benzene rings is 1. The highest BCUT2D eigenvalue weighted by molar-refractivity contribution is 5.77. The third kappa shape index (κ3) is 3.25. The van der Waals surface area contributed by atoms with Gasteiger partial charge in [-0.15, -0.1) is 0 Å². The summed E-state index contributed by atoms with van der Waals surface area (Å²) in [6, 6.07) is 7.16. The molecule has 8 nitrogen and oxygen atoms in total. The number of aromatic nitrogens is 4.